The molecule has 2 rings (SSSR count). The first-order chi connectivity index (χ1) is 7.84. The van der Waals surface area contributed by atoms with E-state index >= 15 is 0 Å². The number of nitrogen functional groups attached to an aromatic ring is 1. The van der Waals surface area contributed by atoms with Crippen molar-refractivity contribution in [1.82, 2.24) is 9.88 Å². The highest BCUT2D eigenvalue weighted by atomic mass is 15.1. The highest BCUT2D eigenvalue weighted by molar-refractivity contribution is 5.28. The molecule has 3 nitrogen and oxygen atoms in total. The van der Waals surface area contributed by atoms with Crippen LogP contribution >= 0.6 is 0 Å². The van der Waals surface area contributed by atoms with Crippen molar-refractivity contribution in [2.75, 3.05) is 18.8 Å². The standard InChI is InChI=1S/C13H21N3/c14-13-8-6-7-12(15-13)11-16-9-4-2-1-3-5-10-16/h6-8H,1-5,9-11H2,(H2,14,15). The van der Waals surface area contributed by atoms with Gasteiger partial charge in [0, 0.05) is 6.54 Å². The highest BCUT2D eigenvalue weighted by Crippen LogP contribution is 2.13. The molecule has 1 fully saturated rings. The fourth-order valence-electron chi connectivity index (χ4n) is 2.29. The molecule has 1 aliphatic heterocycles. The van der Waals surface area contributed by atoms with Crippen molar-refractivity contribution in [2.45, 2.75) is 38.6 Å². The Kier molecular flexibility index (Phi) is 4.17. The predicted octanol–water partition coefficient (Wildman–Crippen LogP) is 2.43. The van der Waals surface area contributed by atoms with Gasteiger partial charge in [0.15, 0.2) is 0 Å². The van der Waals surface area contributed by atoms with Crippen LogP contribution in [0.4, 0.5) is 5.82 Å². The maximum Gasteiger partial charge on any atom is 0.123 e. The third-order valence-corrected chi connectivity index (χ3v) is 3.16. The van der Waals surface area contributed by atoms with E-state index in [4.69, 9.17) is 5.73 Å². The number of anilines is 1. The van der Waals surface area contributed by atoms with Crippen LogP contribution in [0.25, 0.3) is 0 Å². The van der Waals surface area contributed by atoms with Gasteiger partial charge in [-0.15, -0.1) is 0 Å². The molecule has 0 unspecified atom stereocenters. The van der Waals surface area contributed by atoms with Gasteiger partial charge in [-0.3, -0.25) is 4.90 Å². The van der Waals surface area contributed by atoms with Gasteiger partial charge in [-0.1, -0.05) is 25.3 Å². The van der Waals surface area contributed by atoms with E-state index in [-0.39, 0.29) is 0 Å². The van der Waals surface area contributed by atoms with Gasteiger partial charge in [-0.05, 0) is 38.1 Å². The summed E-state index contributed by atoms with van der Waals surface area (Å²) in [5.41, 5.74) is 6.79. The molecule has 2 N–H and O–H groups in total. The average Bonchev–Trinajstić information content (AvgIpc) is 2.22. The molecule has 0 aromatic carbocycles. The second kappa shape index (κ2) is 5.85. The number of aromatic nitrogens is 1. The molecule has 0 spiro atoms. The summed E-state index contributed by atoms with van der Waals surface area (Å²) in [4.78, 5) is 6.86. The van der Waals surface area contributed by atoms with Gasteiger partial charge in [0.25, 0.3) is 0 Å². The molecule has 1 aromatic rings. The van der Waals surface area contributed by atoms with Crippen LogP contribution in [0.15, 0.2) is 18.2 Å². The Hall–Kier alpha value is -1.09. The molecular formula is C13H21N3. The maximum atomic E-state index is 5.69. The Morgan fingerprint density at radius 3 is 2.44 bits per heavy atom. The Labute approximate surface area is 97.7 Å². The van der Waals surface area contributed by atoms with Crippen LogP contribution in [0.3, 0.4) is 0 Å². The summed E-state index contributed by atoms with van der Waals surface area (Å²) >= 11 is 0. The number of rotatable bonds is 2. The molecule has 16 heavy (non-hydrogen) atoms. The quantitative estimate of drug-likeness (QED) is 0.830. The monoisotopic (exact) mass is 219 g/mol. The molecule has 2 heterocycles. The van der Waals surface area contributed by atoms with Crippen LogP contribution < -0.4 is 5.73 Å². The van der Waals surface area contributed by atoms with Crippen LogP contribution in [0, 0.1) is 0 Å². The summed E-state index contributed by atoms with van der Waals surface area (Å²) < 4.78 is 0. The number of likely N-dealkylation sites (tertiary alicyclic amines) is 1. The first-order valence-electron chi connectivity index (χ1n) is 6.28. The summed E-state index contributed by atoms with van der Waals surface area (Å²) in [5, 5.41) is 0. The van der Waals surface area contributed by atoms with Crippen molar-refractivity contribution in [1.29, 1.82) is 0 Å². The fourth-order valence-corrected chi connectivity index (χ4v) is 2.29. The molecule has 0 radical (unpaired) electrons. The number of nitrogens with zero attached hydrogens (tertiary/aromatic N) is 2. The molecule has 0 atom stereocenters. The third kappa shape index (κ3) is 3.49. The Morgan fingerprint density at radius 1 is 1.06 bits per heavy atom. The van der Waals surface area contributed by atoms with Gasteiger partial charge in [0.1, 0.15) is 5.82 Å². The average molecular weight is 219 g/mol. The minimum absolute atomic E-state index is 0.629. The second-order valence-electron chi connectivity index (χ2n) is 4.60. The lowest BCUT2D eigenvalue weighted by Crippen LogP contribution is -2.27. The van der Waals surface area contributed by atoms with Crippen LogP contribution in [0.2, 0.25) is 0 Å². The summed E-state index contributed by atoms with van der Waals surface area (Å²) in [6.45, 7) is 3.36. The van der Waals surface area contributed by atoms with E-state index in [9.17, 15) is 0 Å². The van der Waals surface area contributed by atoms with Crippen molar-refractivity contribution in [3.63, 3.8) is 0 Å². The summed E-state index contributed by atoms with van der Waals surface area (Å²) in [6.07, 6.45) is 6.80. The summed E-state index contributed by atoms with van der Waals surface area (Å²) in [6, 6.07) is 5.90. The van der Waals surface area contributed by atoms with Crippen molar-refractivity contribution in [3.8, 4) is 0 Å². The maximum absolute atomic E-state index is 5.69. The molecule has 0 saturated carbocycles. The Balaban J connectivity index is 1.91. The van der Waals surface area contributed by atoms with Crippen LogP contribution in [0.5, 0.6) is 0 Å². The third-order valence-electron chi connectivity index (χ3n) is 3.16. The van der Waals surface area contributed by atoms with Gasteiger partial charge < -0.3 is 5.73 Å². The first kappa shape index (κ1) is 11.4. The van der Waals surface area contributed by atoms with Crippen molar-refractivity contribution in [2.24, 2.45) is 0 Å². The molecular weight excluding hydrogens is 198 g/mol. The topological polar surface area (TPSA) is 42.1 Å². The lowest BCUT2D eigenvalue weighted by Gasteiger charge is -2.24. The fraction of sp³-hybridized carbons (Fsp3) is 0.615. The first-order valence-corrected chi connectivity index (χ1v) is 6.28. The van der Waals surface area contributed by atoms with Crippen LogP contribution in [-0.4, -0.2) is 23.0 Å². The van der Waals surface area contributed by atoms with Crippen LogP contribution in [0.1, 0.15) is 37.8 Å². The zero-order valence-corrected chi connectivity index (χ0v) is 9.86. The Bertz CT molecular complexity index is 317. The van der Waals surface area contributed by atoms with Gasteiger partial charge in [-0.25, -0.2) is 4.98 Å². The van der Waals surface area contributed by atoms with Gasteiger partial charge >= 0.3 is 0 Å². The van der Waals surface area contributed by atoms with E-state index in [1.165, 1.54) is 45.2 Å². The summed E-state index contributed by atoms with van der Waals surface area (Å²) in [5.74, 6) is 0.629. The number of pyridine rings is 1. The molecule has 0 bridgehead atoms. The van der Waals surface area contributed by atoms with Crippen LogP contribution in [-0.2, 0) is 6.54 Å². The smallest absolute Gasteiger partial charge is 0.123 e. The Morgan fingerprint density at radius 2 is 1.75 bits per heavy atom. The van der Waals surface area contributed by atoms with Gasteiger partial charge in [-0.2, -0.15) is 0 Å². The SMILES string of the molecule is Nc1cccc(CN2CCCCCCC2)n1. The van der Waals surface area contributed by atoms with E-state index in [2.05, 4.69) is 16.0 Å². The molecule has 1 aromatic heterocycles. The van der Waals surface area contributed by atoms with E-state index in [1.54, 1.807) is 0 Å². The minimum Gasteiger partial charge on any atom is -0.384 e. The number of hydrogen-bond donors (Lipinski definition) is 1. The predicted molar refractivity (Wildman–Crippen MR) is 67.0 cm³/mol. The lowest BCUT2D eigenvalue weighted by atomic mass is 10.1. The molecule has 88 valence electrons. The van der Waals surface area contributed by atoms with Crippen molar-refractivity contribution < 1.29 is 0 Å². The normalized spacial score (nSPS) is 19.0. The number of nitrogens with two attached hydrogens (primary N) is 1. The molecule has 0 amide bonds. The largest absolute Gasteiger partial charge is 0.384 e. The van der Waals surface area contributed by atoms with E-state index in [0.29, 0.717) is 5.82 Å². The van der Waals surface area contributed by atoms with Gasteiger partial charge in [0.2, 0.25) is 0 Å². The van der Waals surface area contributed by atoms with Gasteiger partial charge in [0.05, 0.1) is 5.69 Å². The van der Waals surface area contributed by atoms with E-state index < -0.39 is 0 Å². The molecule has 3 heteroatoms. The summed E-state index contributed by atoms with van der Waals surface area (Å²) in [7, 11) is 0. The van der Waals surface area contributed by atoms with Crippen molar-refractivity contribution >= 4 is 5.82 Å². The zero-order valence-electron chi connectivity index (χ0n) is 9.86. The molecule has 1 saturated heterocycles. The number of hydrogen-bond acceptors (Lipinski definition) is 3. The molecule has 1 aliphatic rings. The lowest BCUT2D eigenvalue weighted by molar-refractivity contribution is 0.237. The van der Waals surface area contributed by atoms with E-state index in [1.807, 2.05) is 12.1 Å². The highest BCUT2D eigenvalue weighted by Gasteiger charge is 2.09. The molecule has 0 aliphatic carbocycles. The van der Waals surface area contributed by atoms with Crippen molar-refractivity contribution in [3.05, 3.63) is 23.9 Å². The second-order valence-corrected chi connectivity index (χ2v) is 4.60. The van der Waals surface area contributed by atoms with E-state index in [0.717, 1.165) is 12.2 Å². The zero-order chi connectivity index (χ0) is 11.2. The minimum atomic E-state index is 0.629.